The van der Waals surface area contributed by atoms with Crippen molar-refractivity contribution in [3.05, 3.63) is 119 Å². The highest BCUT2D eigenvalue weighted by atomic mass is 32.1. The van der Waals surface area contributed by atoms with Crippen LogP contribution in [0.15, 0.2) is 95.1 Å². The number of hydrogen-bond donors (Lipinski definition) is 2. The molecule has 2 unspecified atom stereocenters. The molecule has 0 saturated heterocycles. The third kappa shape index (κ3) is 5.62. The summed E-state index contributed by atoms with van der Waals surface area (Å²) in [6, 6.07) is 28.4. The van der Waals surface area contributed by atoms with E-state index in [9.17, 15) is 0 Å². The van der Waals surface area contributed by atoms with Gasteiger partial charge in [0, 0.05) is 26.9 Å². The summed E-state index contributed by atoms with van der Waals surface area (Å²) in [5, 5.41) is 38.8. The van der Waals surface area contributed by atoms with Crippen molar-refractivity contribution in [3.8, 4) is 11.4 Å². The SMILES string of the molecule is CNC(=S)N1N=C(c2nnn(-c3ccc(-n4nnc(C5=NN(C(=S)NC)C(c6ccccc6)C5)c4C)cc3)c2C)CC1c1ccccc1. The number of hydrazone groups is 2. The lowest BCUT2D eigenvalue weighted by Gasteiger charge is -2.23. The monoisotopic (exact) mass is 674 g/mol. The van der Waals surface area contributed by atoms with Crippen LogP contribution in [0.25, 0.3) is 11.4 Å². The molecular formula is C34H34N12S2. The van der Waals surface area contributed by atoms with Crippen LogP contribution in [-0.2, 0) is 0 Å². The lowest BCUT2D eigenvalue weighted by atomic mass is 10.0. The van der Waals surface area contributed by atoms with Crippen LogP contribution in [0.5, 0.6) is 0 Å². The first-order valence-corrected chi connectivity index (χ1v) is 16.4. The van der Waals surface area contributed by atoms with Gasteiger partial charge in [0.15, 0.2) is 10.2 Å². The first-order chi connectivity index (χ1) is 23.4. The number of nitrogens with zero attached hydrogens (tertiary/aromatic N) is 10. The van der Waals surface area contributed by atoms with Gasteiger partial charge in [0.2, 0.25) is 0 Å². The Balaban J connectivity index is 1.12. The Kier molecular flexibility index (Phi) is 8.50. The van der Waals surface area contributed by atoms with Crippen LogP contribution in [0.3, 0.4) is 0 Å². The average Bonchev–Trinajstić information content (AvgIpc) is 3.93. The third-order valence-electron chi connectivity index (χ3n) is 8.71. The Morgan fingerprint density at radius 1 is 0.604 bits per heavy atom. The molecule has 2 aromatic heterocycles. The molecule has 14 heteroatoms. The largest absolute Gasteiger partial charge is 0.364 e. The van der Waals surface area contributed by atoms with Crippen LogP contribution in [-0.4, -0.2) is 75.7 Å². The van der Waals surface area contributed by atoms with Crippen molar-refractivity contribution in [3.63, 3.8) is 0 Å². The summed E-state index contributed by atoms with van der Waals surface area (Å²) in [5.41, 5.74) is 8.96. The van der Waals surface area contributed by atoms with Gasteiger partial charge in [-0.25, -0.2) is 19.4 Å². The fourth-order valence-corrected chi connectivity index (χ4v) is 6.53. The van der Waals surface area contributed by atoms with Gasteiger partial charge in [-0.3, -0.25) is 0 Å². The summed E-state index contributed by atoms with van der Waals surface area (Å²) >= 11 is 11.2. The number of rotatable bonds is 6. The Bertz CT molecular complexity index is 1890. The lowest BCUT2D eigenvalue weighted by Crippen LogP contribution is -2.34. The minimum Gasteiger partial charge on any atom is -0.364 e. The summed E-state index contributed by atoms with van der Waals surface area (Å²) < 4.78 is 3.65. The highest BCUT2D eigenvalue weighted by molar-refractivity contribution is 7.80. The summed E-state index contributed by atoms with van der Waals surface area (Å²) in [4.78, 5) is 0. The maximum absolute atomic E-state index is 5.59. The molecule has 0 fully saturated rings. The van der Waals surface area contributed by atoms with Crippen molar-refractivity contribution >= 4 is 46.1 Å². The fraction of sp³-hybridized carbons (Fsp3) is 0.235. The van der Waals surface area contributed by atoms with E-state index < -0.39 is 0 Å². The smallest absolute Gasteiger partial charge is 0.189 e. The van der Waals surface area contributed by atoms with E-state index in [-0.39, 0.29) is 12.1 Å². The van der Waals surface area contributed by atoms with Gasteiger partial charge in [0.05, 0.1) is 46.3 Å². The topological polar surface area (TPSA) is 117 Å². The summed E-state index contributed by atoms with van der Waals surface area (Å²) in [7, 11) is 3.62. The summed E-state index contributed by atoms with van der Waals surface area (Å²) in [6.07, 6.45) is 1.32. The van der Waals surface area contributed by atoms with Crippen molar-refractivity contribution in [1.29, 1.82) is 0 Å². The second-order valence-electron chi connectivity index (χ2n) is 11.5. The lowest BCUT2D eigenvalue weighted by molar-refractivity contribution is 0.367. The molecular weight excluding hydrogens is 641 g/mol. The predicted molar refractivity (Wildman–Crippen MR) is 193 cm³/mol. The van der Waals surface area contributed by atoms with Crippen molar-refractivity contribution in [2.45, 2.75) is 38.8 Å². The number of thiocarbonyl (C=S) groups is 2. The van der Waals surface area contributed by atoms with Crippen LogP contribution in [0.2, 0.25) is 0 Å². The van der Waals surface area contributed by atoms with Crippen molar-refractivity contribution < 1.29 is 0 Å². The molecule has 0 radical (unpaired) electrons. The average molecular weight is 675 g/mol. The summed E-state index contributed by atoms with van der Waals surface area (Å²) in [6.45, 7) is 4.01. The summed E-state index contributed by atoms with van der Waals surface area (Å²) in [5.74, 6) is 0. The van der Waals surface area contributed by atoms with E-state index >= 15 is 0 Å². The molecule has 0 spiro atoms. The fourth-order valence-electron chi connectivity index (χ4n) is 6.20. The number of aromatic nitrogens is 6. The Labute approximate surface area is 289 Å². The van der Waals surface area contributed by atoms with Gasteiger partial charge in [0.1, 0.15) is 11.4 Å². The molecule has 48 heavy (non-hydrogen) atoms. The first-order valence-electron chi connectivity index (χ1n) is 15.6. The number of nitrogens with one attached hydrogen (secondary N) is 2. The number of hydrogen-bond acceptors (Lipinski definition) is 8. The molecule has 2 aliphatic heterocycles. The van der Waals surface area contributed by atoms with Gasteiger partial charge in [-0.1, -0.05) is 71.1 Å². The van der Waals surface area contributed by atoms with E-state index in [0.29, 0.717) is 23.1 Å². The normalized spacial score (nSPS) is 17.3. The molecule has 2 N–H and O–H groups in total. The Hall–Kier alpha value is -5.34. The van der Waals surface area contributed by atoms with Gasteiger partial charge in [-0.2, -0.15) is 10.2 Å². The van der Waals surface area contributed by atoms with Gasteiger partial charge in [-0.05, 0) is 73.7 Å². The minimum absolute atomic E-state index is 0.0248. The van der Waals surface area contributed by atoms with Crippen molar-refractivity contribution in [1.82, 2.24) is 50.6 Å². The Morgan fingerprint density at radius 2 is 0.979 bits per heavy atom. The third-order valence-corrected chi connectivity index (χ3v) is 9.49. The van der Waals surface area contributed by atoms with Gasteiger partial charge < -0.3 is 10.6 Å². The zero-order valence-electron chi connectivity index (χ0n) is 26.9. The Morgan fingerprint density at radius 3 is 1.33 bits per heavy atom. The van der Waals surface area contributed by atoms with Gasteiger partial charge in [-0.15, -0.1) is 10.2 Å². The molecule has 7 rings (SSSR count). The van der Waals surface area contributed by atoms with Crippen LogP contribution < -0.4 is 10.6 Å². The zero-order valence-corrected chi connectivity index (χ0v) is 28.6. The molecule has 242 valence electrons. The standard InChI is InChI=1S/C34H34N12S2/c1-21-31(27-19-29(23-11-7-5-8-12-23)45(39-27)33(47)35-3)37-41-43(21)25-15-17-26(18-16-25)44-22(2)32(38-42-44)28-20-30(24-13-9-6-10-14-24)46(40-28)34(48)36-4/h5-18,29-30H,19-20H2,1-4H3,(H,35,47)(H,36,48). The molecule has 4 heterocycles. The molecule has 5 aromatic rings. The molecule has 0 amide bonds. The maximum atomic E-state index is 5.59. The van der Waals surface area contributed by atoms with Crippen LogP contribution in [0, 0.1) is 13.8 Å². The van der Waals surface area contributed by atoms with Gasteiger partial charge in [0.25, 0.3) is 0 Å². The second-order valence-corrected chi connectivity index (χ2v) is 12.3. The molecule has 2 aliphatic rings. The molecule has 3 aromatic carbocycles. The van der Waals surface area contributed by atoms with Gasteiger partial charge >= 0.3 is 0 Å². The van der Waals surface area contributed by atoms with E-state index in [0.717, 1.165) is 56.7 Å². The van der Waals surface area contributed by atoms with Crippen molar-refractivity contribution in [2.75, 3.05) is 14.1 Å². The predicted octanol–water partition coefficient (Wildman–Crippen LogP) is 4.78. The van der Waals surface area contributed by atoms with Crippen molar-refractivity contribution in [2.24, 2.45) is 10.2 Å². The van der Waals surface area contributed by atoms with E-state index in [1.54, 1.807) is 0 Å². The van der Waals surface area contributed by atoms with Crippen LogP contribution in [0.4, 0.5) is 0 Å². The van der Waals surface area contributed by atoms with Crippen LogP contribution >= 0.6 is 24.4 Å². The van der Waals surface area contributed by atoms with E-state index in [1.165, 1.54) is 0 Å². The van der Waals surface area contributed by atoms with E-state index in [2.05, 4.69) is 55.5 Å². The maximum Gasteiger partial charge on any atom is 0.189 e. The molecule has 2 atom stereocenters. The zero-order chi connectivity index (χ0) is 33.4. The molecule has 0 saturated carbocycles. The quantitative estimate of drug-likeness (QED) is 0.244. The first kappa shape index (κ1) is 31.3. The molecule has 12 nitrogen and oxygen atoms in total. The molecule has 0 bridgehead atoms. The highest BCUT2D eigenvalue weighted by Gasteiger charge is 2.34. The second kappa shape index (κ2) is 13.0. The molecule has 0 aliphatic carbocycles. The van der Waals surface area contributed by atoms with E-state index in [4.69, 9.17) is 34.6 Å². The minimum atomic E-state index is -0.0248. The number of benzene rings is 3. The van der Waals surface area contributed by atoms with Crippen LogP contribution in [0.1, 0.15) is 58.8 Å². The van der Waals surface area contributed by atoms with E-state index in [1.807, 2.05) is 108 Å². The highest BCUT2D eigenvalue weighted by Crippen LogP contribution is 2.34.